The second-order valence-electron chi connectivity index (χ2n) is 2.20. The average Bonchev–Trinajstić information content (AvgIpc) is 1.96. The van der Waals surface area contributed by atoms with E-state index >= 15 is 0 Å². The molecule has 0 amide bonds. The number of hydrogen-bond acceptors (Lipinski definition) is 4. The quantitative estimate of drug-likeness (QED) is 0.455. The first-order chi connectivity index (χ1) is 5.52. The van der Waals surface area contributed by atoms with Gasteiger partial charge in [0.15, 0.2) is 0 Å². The van der Waals surface area contributed by atoms with Gasteiger partial charge in [-0.15, -0.1) is 0 Å². The Morgan fingerprint density at radius 3 is 2.83 bits per heavy atom. The van der Waals surface area contributed by atoms with Crippen molar-refractivity contribution >= 4 is 21.7 Å². The molecule has 0 bridgehead atoms. The lowest BCUT2D eigenvalue weighted by atomic mass is 10.3. The molecule has 0 fully saturated rings. The Balaban J connectivity index is 3.33. The fraction of sp³-hybridized carbons (Fsp3) is 0.167. The van der Waals surface area contributed by atoms with E-state index in [1.807, 2.05) is 0 Å². The summed E-state index contributed by atoms with van der Waals surface area (Å²) in [6, 6.07) is 1.29. The van der Waals surface area contributed by atoms with Crippen LogP contribution in [-0.4, -0.2) is 15.0 Å². The Hall–Kier alpha value is -1.17. The van der Waals surface area contributed by atoms with E-state index in [2.05, 4.69) is 20.9 Å². The standard InChI is InChI=1S/C6H5BrN2O3/c1-3-2-4(10)6(9(11)12)8-5(3)7/h2,10H,1H3. The summed E-state index contributed by atoms with van der Waals surface area (Å²) in [4.78, 5) is 13.1. The molecule has 0 spiro atoms. The van der Waals surface area contributed by atoms with Crippen LogP contribution < -0.4 is 0 Å². The third-order valence-corrected chi connectivity index (χ3v) is 2.09. The van der Waals surface area contributed by atoms with Gasteiger partial charge in [-0.25, -0.2) is 0 Å². The van der Waals surface area contributed by atoms with Gasteiger partial charge in [0.25, 0.3) is 0 Å². The number of nitro groups is 1. The minimum atomic E-state index is -0.737. The molecule has 6 heteroatoms. The fourth-order valence-corrected chi connectivity index (χ4v) is 0.984. The Bertz CT molecular complexity index is 340. The summed E-state index contributed by atoms with van der Waals surface area (Å²) >= 11 is 3.02. The van der Waals surface area contributed by atoms with Crippen molar-refractivity contribution < 1.29 is 10.0 Å². The van der Waals surface area contributed by atoms with E-state index in [0.717, 1.165) is 0 Å². The topological polar surface area (TPSA) is 76.3 Å². The molecule has 0 saturated heterocycles. The van der Waals surface area contributed by atoms with Crippen LogP contribution in [0.2, 0.25) is 0 Å². The van der Waals surface area contributed by atoms with Crippen molar-refractivity contribution in [2.24, 2.45) is 0 Å². The maximum absolute atomic E-state index is 10.2. The van der Waals surface area contributed by atoms with Gasteiger partial charge in [0.2, 0.25) is 10.4 Å². The van der Waals surface area contributed by atoms with Crippen LogP contribution in [0.15, 0.2) is 10.7 Å². The molecule has 1 aromatic heterocycles. The molecule has 1 aromatic rings. The van der Waals surface area contributed by atoms with E-state index in [4.69, 9.17) is 5.11 Å². The molecule has 0 atom stereocenters. The monoisotopic (exact) mass is 232 g/mol. The maximum Gasteiger partial charge on any atom is 0.407 e. The van der Waals surface area contributed by atoms with E-state index in [-0.39, 0.29) is 0 Å². The van der Waals surface area contributed by atoms with Crippen molar-refractivity contribution in [3.05, 3.63) is 26.3 Å². The van der Waals surface area contributed by atoms with Crippen molar-refractivity contribution in [2.75, 3.05) is 0 Å². The number of aromatic nitrogens is 1. The predicted molar refractivity (Wildman–Crippen MR) is 45.0 cm³/mol. The molecular formula is C6H5BrN2O3. The molecule has 5 nitrogen and oxygen atoms in total. The van der Waals surface area contributed by atoms with Gasteiger partial charge >= 0.3 is 5.82 Å². The van der Waals surface area contributed by atoms with Gasteiger partial charge in [0.05, 0.1) is 0 Å². The Morgan fingerprint density at radius 2 is 2.33 bits per heavy atom. The SMILES string of the molecule is Cc1cc(O)c([N+](=O)[O-])nc1Br. The molecule has 0 unspecified atom stereocenters. The van der Waals surface area contributed by atoms with Crippen LogP contribution in [0.25, 0.3) is 0 Å². The van der Waals surface area contributed by atoms with Gasteiger partial charge in [-0.2, -0.15) is 0 Å². The largest absolute Gasteiger partial charge is 0.501 e. The highest BCUT2D eigenvalue weighted by atomic mass is 79.9. The van der Waals surface area contributed by atoms with E-state index < -0.39 is 16.5 Å². The Morgan fingerprint density at radius 1 is 1.75 bits per heavy atom. The van der Waals surface area contributed by atoms with Crippen LogP contribution in [0.3, 0.4) is 0 Å². The Labute approximate surface area is 76.3 Å². The molecule has 0 radical (unpaired) electrons. The minimum absolute atomic E-state index is 0.368. The summed E-state index contributed by atoms with van der Waals surface area (Å²) in [5.74, 6) is -0.951. The van der Waals surface area contributed by atoms with Crippen LogP contribution in [0.1, 0.15) is 5.56 Å². The molecule has 0 aliphatic rings. The number of rotatable bonds is 1. The first-order valence-corrected chi connectivity index (χ1v) is 3.82. The summed E-state index contributed by atoms with van der Waals surface area (Å²) in [6.07, 6.45) is 0. The van der Waals surface area contributed by atoms with Gasteiger partial charge in [0, 0.05) is 21.5 Å². The van der Waals surface area contributed by atoms with Crippen LogP contribution in [0.5, 0.6) is 5.75 Å². The second kappa shape index (κ2) is 3.06. The summed E-state index contributed by atoms with van der Waals surface area (Å²) in [6.45, 7) is 1.68. The zero-order valence-electron chi connectivity index (χ0n) is 6.11. The van der Waals surface area contributed by atoms with Gasteiger partial charge in [-0.1, -0.05) is 0 Å². The number of halogens is 1. The van der Waals surface area contributed by atoms with E-state index in [0.29, 0.717) is 10.2 Å². The molecule has 1 N–H and O–H groups in total. The number of aromatic hydroxyl groups is 1. The minimum Gasteiger partial charge on any atom is -0.501 e. The lowest BCUT2D eigenvalue weighted by Gasteiger charge is -1.97. The molecular weight excluding hydrogens is 228 g/mol. The van der Waals surface area contributed by atoms with Gasteiger partial charge in [0.1, 0.15) is 0 Å². The van der Waals surface area contributed by atoms with E-state index in [9.17, 15) is 10.1 Å². The first kappa shape index (κ1) is 8.92. The number of pyridine rings is 1. The third kappa shape index (κ3) is 1.53. The normalized spacial score (nSPS) is 9.83. The number of hydrogen-bond donors (Lipinski definition) is 1. The van der Waals surface area contributed by atoms with Crippen molar-refractivity contribution in [3.63, 3.8) is 0 Å². The summed E-state index contributed by atoms with van der Waals surface area (Å²) in [5, 5.41) is 19.3. The first-order valence-electron chi connectivity index (χ1n) is 3.03. The van der Waals surface area contributed by atoms with Crippen LogP contribution in [0, 0.1) is 17.0 Å². The van der Waals surface area contributed by atoms with E-state index in [1.54, 1.807) is 6.92 Å². The van der Waals surface area contributed by atoms with Crippen LogP contribution in [-0.2, 0) is 0 Å². The maximum atomic E-state index is 10.2. The van der Waals surface area contributed by atoms with Crippen molar-refractivity contribution in [1.82, 2.24) is 4.98 Å². The molecule has 0 aromatic carbocycles. The third-order valence-electron chi connectivity index (χ3n) is 1.28. The van der Waals surface area contributed by atoms with Crippen LogP contribution in [0.4, 0.5) is 5.82 Å². The Kier molecular flexibility index (Phi) is 2.27. The van der Waals surface area contributed by atoms with Crippen molar-refractivity contribution in [1.29, 1.82) is 0 Å². The van der Waals surface area contributed by atoms with Crippen molar-refractivity contribution in [3.8, 4) is 5.75 Å². The lowest BCUT2D eigenvalue weighted by molar-refractivity contribution is -0.390. The van der Waals surface area contributed by atoms with Crippen LogP contribution >= 0.6 is 15.9 Å². The zero-order chi connectivity index (χ0) is 9.30. The lowest BCUT2D eigenvalue weighted by Crippen LogP contribution is -1.94. The van der Waals surface area contributed by atoms with Gasteiger partial charge in [-0.05, 0) is 22.9 Å². The summed E-state index contributed by atoms with van der Waals surface area (Å²) in [7, 11) is 0. The molecule has 12 heavy (non-hydrogen) atoms. The fourth-order valence-electron chi connectivity index (χ4n) is 0.702. The molecule has 64 valence electrons. The highest BCUT2D eigenvalue weighted by Gasteiger charge is 2.17. The van der Waals surface area contributed by atoms with Gasteiger partial charge in [-0.3, -0.25) is 0 Å². The smallest absolute Gasteiger partial charge is 0.407 e. The summed E-state index contributed by atoms with van der Waals surface area (Å²) < 4.78 is 0.368. The highest BCUT2D eigenvalue weighted by Crippen LogP contribution is 2.27. The number of nitrogens with zero attached hydrogens (tertiary/aromatic N) is 2. The average molecular weight is 233 g/mol. The second-order valence-corrected chi connectivity index (χ2v) is 2.95. The summed E-state index contributed by atoms with van der Waals surface area (Å²) in [5.41, 5.74) is 0.651. The van der Waals surface area contributed by atoms with E-state index in [1.165, 1.54) is 6.07 Å². The van der Waals surface area contributed by atoms with Crippen molar-refractivity contribution in [2.45, 2.75) is 6.92 Å². The zero-order valence-corrected chi connectivity index (χ0v) is 7.70. The number of aryl methyl sites for hydroxylation is 1. The molecule has 1 rings (SSSR count). The predicted octanol–water partition coefficient (Wildman–Crippen LogP) is 1.77. The highest BCUT2D eigenvalue weighted by molar-refractivity contribution is 9.10. The molecule has 1 heterocycles. The molecule has 0 aliphatic carbocycles. The molecule has 0 saturated carbocycles. The molecule has 0 aliphatic heterocycles. The van der Waals surface area contributed by atoms with Gasteiger partial charge < -0.3 is 15.2 Å².